The summed E-state index contributed by atoms with van der Waals surface area (Å²) in [7, 11) is 0. The lowest BCUT2D eigenvalue weighted by atomic mass is 9.99. The topological polar surface area (TPSA) is 61.4 Å². The Kier molecular flexibility index (Phi) is 4.88. The molecule has 2 saturated heterocycles. The smallest absolute Gasteiger partial charge is 0.324 e. The van der Waals surface area contributed by atoms with Gasteiger partial charge in [0.25, 0.3) is 5.91 Å². The molecule has 0 aliphatic carbocycles. The van der Waals surface area contributed by atoms with Crippen molar-refractivity contribution in [2.45, 2.75) is 25.3 Å². The van der Waals surface area contributed by atoms with Crippen LogP contribution in [0.3, 0.4) is 0 Å². The summed E-state index contributed by atoms with van der Waals surface area (Å²) in [6, 6.07) is -0.516. The number of rotatable bonds is 5. The van der Waals surface area contributed by atoms with Crippen molar-refractivity contribution < 1.29 is 9.59 Å². The minimum atomic E-state index is -0.304. The molecule has 0 aromatic carbocycles. The average Bonchev–Trinajstić information content (AvgIpc) is 2.65. The second-order valence-corrected chi connectivity index (χ2v) is 5.93. The number of carbonyl (C=O) groups excluding carboxylic acids is 2. The van der Waals surface area contributed by atoms with Crippen LogP contribution in [-0.4, -0.2) is 54.5 Å². The van der Waals surface area contributed by atoms with Gasteiger partial charge in [0.15, 0.2) is 0 Å². The largest absolute Gasteiger partial charge is 0.326 e. The quantitative estimate of drug-likeness (QED) is 0.721. The molecule has 2 rings (SSSR count). The molecule has 3 amide bonds. The lowest BCUT2D eigenvalue weighted by molar-refractivity contribution is -0.128. The van der Waals surface area contributed by atoms with Crippen molar-refractivity contribution in [1.29, 1.82) is 0 Å². The molecule has 0 aromatic heterocycles. The number of nitrogens with zero attached hydrogens (tertiary/aromatic N) is 1. The molecule has 2 fully saturated rings. The Balaban J connectivity index is 1.87. The molecule has 2 N–H and O–H groups in total. The number of nitrogens with one attached hydrogen (secondary N) is 2. The maximum absolute atomic E-state index is 12.1. The Morgan fingerprint density at radius 2 is 2.28 bits per heavy atom. The van der Waals surface area contributed by atoms with E-state index in [4.69, 9.17) is 0 Å². The number of piperidine rings is 1. The van der Waals surface area contributed by atoms with E-state index in [1.807, 2.05) is 6.26 Å². The van der Waals surface area contributed by atoms with E-state index in [9.17, 15) is 9.59 Å². The SMILES string of the molecule is CSCCC1NC(=O)N(CC2CCCNC2)C1=O. The van der Waals surface area contributed by atoms with Gasteiger partial charge >= 0.3 is 6.03 Å². The summed E-state index contributed by atoms with van der Waals surface area (Å²) in [6.07, 6.45) is 4.96. The molecule has 2 aliphatic rings. The molecule has 18 heavy (non-hydrogen) atoms. The highest BCUT2D eigenvalue weighted by molar-refractivity contribution is 7.98. The lowest BCUT2D eigenvalue weighted by Crippen LogP contribution is -2.41. The Labute approximate surface area is 112 Å². The first-order chi connectivity index (χ1) is 8.72. The summed E-state index contributed by atoms with van der Waals surface area (Å²) in [5.74, 6) is 1.27. The highest BCUT2D eigenvalue weighted by Crippen LogP contribution is 2.17. The van der Waals surface area contributed by atoms with Crippen molar-refractivity contribution in [3.8, 4) is 0 Å². The number of amides is 3. The van der Waals surface area contributed by atoms with Crippen LogP contribution >= 0.6 is 11.8 Å². The van der Waals surface area contributed by atoms with Gasteiger partial charge in [-0.25, -0.2) is 4.79 Å². The molecule has 2 atom stereocenters. The number of carbonyl (C=O) groups is 2. The Hall–Kier alpha value is -0.750. The number of hydrogen-bond acceptors (Lipinski definition) is 4. The number of hydrogen-bond donors (Lipinski definition) is 2. The molecule has 0 saturated carbocycles. The van der Waals surface area contributed by atoms with Crippen molar-refractivity contribution in [3.05, 3.63) is 0 Å². The predicted molar refractivity (Wildman–Crippen MR) is 72.6 cm³/mol. The van der Waals surface area contributed by atoms with Crippen LogP contribution in [0.1, 0.15) is 19.3 Å². The maximum Gasteiger partial charge on any atom is 0.324 e. The molecule has 5 nitrogen and oxygen atoms in total. The summed E-state index contributed by atoms with van der Waals surface area (Å²) in [4.78, 5) is 25.3. The predicted octanol–water partition coefficient (Wildman–Crippen LogP) is 0.659. The second kappa shape index (κ2) is 6.43. The van der Waals surface area contributed by atoms with Crippen LogP contribution in [0.4, 0.5) is 4.79 Å². The highest BCUT2D eigenvalue weighted by atomic mass is 32.2. The number of urea groups is 1. The van der Waals surface area contributed by atoms with E-state index in [-0.39, 0.29) is 18.0 Å². The lowest BCUT2D eigenvalue weighted by Gasteiger charge is -2.25. The van der Waals surface area contributed by atoms with Gasteiger partial charge in [0.1, 0.15) is 6.04 Å². The van der Waals surface area contributed by atoms with Crippen molar-refractivity contribution >= 4 is 23.7 Å². The van der Waals surface area contributed by atoms with Crippen LogP contribution in [0.2, 0.25) is 0 Å². The van der Waals surface area contributed by atoms with E-state index in [0.29, 0.717) is 12.5 Å². The Morgan fingerprint density at radius 1 is 1.44 bits per heavy atom. The fraction of sp³-hybridized carbons (Fsp3) is 0.833. The zero-order chi connectivity index (χ0) is 13.0. The van der Waals surface area contributed by atoms with Gasteiger partial charge in [0, 0.05) is 6.54 Å². The summed E-state index contributed by atoms with van der Waals surface area (Å²) >= 11 is 1.70. The van der Waals surface area contributed by atoms with Gasteiger partial charge in [0.05, 0.1) is 0 Å². The van der Waals surface area contributed by atoms with Crippen LogP contribution in [0, 0.1) is 5.92 Å². The summed E-state index contributed by atoms with van der Waals surface area (Å²) in [5.41, 5.74) is 0. The van der Waals surface area contributed by atoms with Crippen LogP contribution < -0.4 is 10.6 Å². The third kappa shape index (κ3) is 3.17. The molecule has 0 radical (unpaired) electrons. The van der Waals surface area contributed by atoms with E-state index in [2.05, 4.69) is 10.6 Å². The van der Waals surface area contributed by atoms with Gasteiger partial charge in [0.2, 0.25) is 0 Å². The molecule has 0 spiro atoms. The van der Waals surface area contributed by atoms with Gasteiger partial charge < -0.3 is 10.6 Å². The first kappa shape index (κ1) is 13.7. The summed E-state index contributed by atoms with van der Waals surface area (Å²) in [6.45, 7) is 2.52. The van der Waals surface area contributed by atoms with Crippen LogP contribution in [0.25, 0.3) is 0 Å². The monoisotopic (exact) mass is 271 g/mol. The van der Waals surface area contributed by atoms with Gasteiger partial charge in [-0.05, 0) is 50.3 Å². The average molecular weight is 271 g/mol. The molecule has 6 heteroatoms. The molecule has 0 bridgehead atoms. The molecular formula is C12H21N3O2S. The molecule has 2 aliphatic heterocycles. The van der Waals surface area contributed by atoms with Gasteiger partial charge in [-0.3, -0.25) is 9.69 Å². The molecule has 0 aromatic rings. The summed E-state index contributed by atoms with van der Waals surface area (Å²) in [5, 5.41) is 6.09. The van der Waals surface area contributed by atoms with Crippen molar-refractivity contribution in [2.24, 2.45) is 5.92 Å². The fourth-order valence-corrected chi connectivity index (χ4v) is 2.99. The third-order valence-corrected chi connectivity index (χ3v) is 4.20. The van der Waals surface area contributed by atoms with Crippen molar-refractivity contribution in [2.75, 3.05) is 31.6 Å². The van der Waals surface area contributed by atoms with Gasteiger partial charge in [-0.1, -0.05) is 0 Å². The minimum absolute atomic E-state index is 0.0420. The zero-order valence-electron chi connectivity index (χ0n) is 10.8. The minimum Gasteiger partial charge on any atom is -0.326 e. The number of thioether (sulfide) groups is 1. The Bertz CT molecular complexity index is 318. The van der Waals surface area contributed by atoms with Gasteiger partial charge in [-0.15, -0.1) is 0 Å². The first-order valence-electron chi connectivity index (χ1n) is 6.54. The molecular weight excluding hydrogens is 250 g/mol. The molecule has 2 heterocycles. The van der Waals surface area contributed by atoms with Crippen molar-refractivity contribution in [1.82, 2.24) is 15.5 Å². The van der Waals surface area contributed by atoms with Crippen LogP contribution in [-0.2, 0) is 4.79 Å². The molecule has 102 valence electrons. The van der Waals surface area contributed by atoms with E-state index in [1.165, 1.54) is 4.90 Å². The second-order valence-electron chi connectivity index (χ2n) is 4.94. The van der Waals surface area contributed by atoms with Crippen molar-refractivity contribution in [3.63, 3.8) is 0 Å². The number of imide groups is 1. The first-order valence-corrected chi connectivity index (χ1v) is 7.93. The third-order valence-electron chi connectivity index (χ3n) is 3.56. The van der Waals surface area contributed by atoms with Gasteiger partial charge in [-0.2, -0.15) is 11.8 Å². The zero-order valence-corrected chi connectivity index (χ0v) is 11.6. The molecule has 2 unspecified atom stereocenters. The highest BCUT2D eigenvalue weighted by Gasteiger charge is 2.38. The normalized spacial score (nSPS) is 28.6. The van der Waals surface area contributed by atoms with Crippen LogP contribution in [0.15, 0.2) is 0 Å². The van der Waals surface area contributed by atoms with E-state index >= 15 is 0 Å². The summed E-state index contributed by atoms with van der Waals surface area (Å²) < 4.78 is 0. The van der Waals surface area contributed by atoms with E-state index in [1.54, 1.807) is 11.8 Å². The Morgan fingerprint density at radius 3 is 2.94 bits per heavy atom. The fourth-order valence-electron chi connectivity index (χ4n) is 2.52. The van der Waals surface area contributed by atoms with E-state index < -0.39 is 0 Å². The standard InChI is InChI=1S/C12H21N3O2S/c1-18-6-4-10-11(16)15(12(17)14-10)8-9-3-2-5-13-7-9/h9-10,13H,2-8H2,1H3,(H,14,17). The van der Waals surface area contributed by atoms with E-state index in [0.717, 1.165) is 38.1 Å². The maximum atomic E-state index is 12.1. The van der Waals surface area contributed by atoms with Crippen LogP contribution in [0.5, 0.6) is 0 Å².